The van der Waals surface area contributed by atoms with Crippen LogP contribution in [0.15, 0.2) is 30.3 Å². The molecule has 0 aromatic heterocycles. The van der Waals surface area contributed by atoms with Gasteiger partial charge in [0.2, 0.25) is 0 Å². The third-order valence-corrected chi connectivity index (χ3v) is 3.95. The largest absolute Gasteiger partial charge is 0.370 e. The van der Waals surface area contributed by atoms with Crippen LogP contribution in [0.4, 0.5) is 0 Å². The fourth-order valence-corrected chi connectivity index (χ4v) is 2.76. The van der Waals surface area contributed by atoms with E-state index in [1.807, 2.05) is 37.3 Å². The van der Waals surface area contributed by atoms with E-state index < -0.39 is 6.29 Å². The lowest BCUT2D eigenvalue weighted by molar-refractivity contribution is -0.160. The van der Waals surface area contributed by atoms with Crippen LogP contribution in [-0.2, 0) is 25.6 Å². The van der Waals surface area contributed by atoms with E-state index >= 15 is 0 Å². The van der Waals surface area contributed by atoms with E-state index in [4.69, 9.17) is 18.9 Å². The first-order valence-electron chi connectivity index (χ1n) is 7.50. The second-order valence-corrected chi connectivity index (χ2v) is 5.47. The SMILES string of the molecule is CCC(O)O[C@@H]1CO[C@H]2[C@@H]1OC[C@H]2OCc1ccccc1. The Morgan fingerprint density at radius 3 is 2.52 bits per heavy atom. The van der Waals surface area contributed by atoms with Crippen molar-refractivity contribution in [1.82, 2.24) is 0 Å². The normalized spacial score (nSPS) is 33.0. The molecule has 1 unspecified atom stereocenters. The number of hydrogen-bond donors (Lipinski definition) is 1. The van der Waals surface area contributed by atoms with Crippen molar-refractivity contribution in [2.45, 2.75) is 50.7 Å². The topological polar surface area (TPSA) is 57.2 Å². The Kier molecular flexibility index (Phi) is 4.87. The van der Waals surface area contributed by atoms with Gasteiger partial charge in [0.25, 0.3) is 0 Å². The number of aliphatic hydroxyl groups excluding tert-OH is 1. The number of hydrogen-bond acceptors (Lipinski definition) is 5. The number of aliphatic hydroxyl groups is 1. The molecule has 2 fully saturated rings. The van der Waals surface area contributed by atoms with Crippen LogP contribution >= 0.6 is 0 Å². The van der Waals surface area contributed by atoms with Gasteiger partial charge in [-0.05, 0) is 12.0 Å². The van der Waals surface area contributed by atoms with Gasteiger partial charge >= 0.3 is 0 Å². The van der Waals surface area contributed by atoms with Gasteiger partial charge in [-0.15, -0.1) is 0 Å². The summed E-state index contributed by atoms with van der Waals surface area (Å²) >= 11 is 0. The van der Waals surface area contributed by atoms with Gasteiger partial charge in [0.1, 0.15) is 24.4 Å². The minimum Gasteiger partial charge on any atom is -0.370 e. The molecule has 21 heavy (non-hydrogen) atoms. The highest BCUT2D eigenvalue weighted by Gasteiger charge is 2.49. The quantitative estimate of drug-likeness (QED) is 0.806. The summed E-state index contributed by atoms with van der Waals surface area (Å²) in [6.07, 6.45) is -0.750. The molecule has 1 N–H and O–H groups in total. The van der Waals surface area contributed by atoms with Gasteiger partial charge in [0.15, 0.2) is 6.29 Å². The maximum Gasteiger partial charge on any atom is 0.154 e. The fourth-order valence-electron chi connectivity index (χ4n) is 2.76. The zero-order valence-corrected chi connectivity index (χ0v) is 12.2. The summed E-state index contributed by atoms with van der Waals surface area (Å²) in [5, 5.41) is 9.59. The van der Waals surface area contributed by atoms with Crippen LogP contribution in [0.25, 0.3) is 0 Å². The predicted molar refractivity (Wildman–Crippen MR) is 75.7 cm³/mol. The Labute approximate surface area is 124 Å². The minimum absolute atomic E-state index is 0.0809. The van der Waals surface area contributed by atoms with E-state index in [2.05, 4.69) is 0 Å². The van der Waals surface area contributed by atoms with Gasteiger partial charge in [-0.1, -0.05) is 37.3 Å². The summed E-state index contributed by atoms with van der Waals surface area (Å²) in [6.45, 7) is 3.37. The van der Waals surface area contributed by atoms with E-state index in [0.717, 1.165) is 5.56 Å². The fraction of sp³-hybridized carbons (Fsp3) is 0.625. The van der Waals surface area contributed by atoms with Crippen molar-refractivity contribution in [1.29, 1.82) is 0 Å². The van der Waals surface area contributed by atoms with Gasteiger partial charge in [-0.3, -0.25) is 0 Å². The molecule has 0 aliphatic carbocycles. The molecule has 1 aromatic carbocycles. The molecule has 2 heterocycles. The molecule has 0 bridgehead atoms. The lowest BCUT2D eigenvalue weighted by Crippen LogP contribution is -2.35. The Hall–Kier alpha value is -0.980. The van der Waals surface area contributed by atoms with Gasteiger partial charge in [0, 0.05) is 0 Å². The molecule has 1 aromatic rings. The van der Waals surface area contributed by atoms with Crippen LogP contribution in [-0.4, -0.2) is 49.0 Å². The summed E-state index contributed by atoms with van der Waals surface area (Å²) < 4.78 is 22.9. The first-order valence-corrected chi connectivity index (χ1v) is 7.50. The lowest BCUT2D eigenvalue weighted by atomic mass is 10.1. The molecular weight excluding hydrogens is 272 g/mol. The molecule has 5 heteroatoms. The molecular formula is C16H22O5. The van der Waals surface area contributed by atoms with Gasteiger partial charge < -0.3 is 24.1 Å². The van der Waals surface area contributed by atoms with Gasteiger partial charge in [-0.25, -0.2) is 0 Å². The summed E-state index contributed by atoms with van der Waals surface area (Å²) in [5.41, 5.74) is 1.13. The number of ether oxygens (including phenoxy) is 4. The van der Waals surface area contributed by atoms with Crippen molar-refractivity contribution in [3.63, 3.8) is 0 Å². The Morgan fingerprint density at radius 2 is 1.81 bits per heavy atom. The molecule has 2 saturated heterocycles. The van der Waals surface area contributed by atoms with Crippen molar-refractivity contribution >= 4 is 0 Å². The van der Waals surface area contributed by atoms with Gasteiger partial charge in [-0.2, -0.15) is 0 Å². The second kappa shape index (κ2) is 6.85. The monoisotopic (exact) mass is 294 g/mol. The molecule has 116 valence electrons. The molecule has 0 spiro atoms. The third kappa shape index (κ3) is 3.44. The number of rotatable bonds is 6. The Balaban J connectivity index is 1.52. The highest BCUT2D eigenvalue weighted by molar-refractivity contribution is 5.13. The summed E-state index contributed by atoms with van der Waals surface area (Å²) in [6, 6.07) is 10.0. The van der Waals surface area contributed by atoms with Crippen LogP contribution in [0, 0.1) is 0 Å². The highest BCUT2D eigenvalue weighted by Crippen LogP contribution is 2.31. The molecule has 0 radical (unpaired) electrons. The average Bonchev–Trinajstić information content (AvgIpc) is 3.09. The van der Waals surface area contributed by atoms with E-state index in [1.54, 1.807) is 0 Å². The summed E-state index contributed by atoms with van der Waals surface area (Å²) in [5.74, 6) is 0. The number of fused-ring (bicyclic) bond motifs is 1. The van der Waals surface area contributed by atoms with Crippen molar-refractivity contribution in [2.24, 2.45) is 0 Å². The van der Waals surface area contributed by atoms with Crippen molar-refractivity contribution in [3.05, 3.63) is 35.9 Å². The molecule has 3 rings (SSSR count). The average molecular weight is 294 g/mol. The third-order valence-electron chi connectivity index (χ3n) is 3.95. The van der Waals surface area contributed by atoms with Crippen molar-refractivity contribution in [2.75, 3.05) is 13.2 Å². The predicted octanol–water partition coefficient (Wildman–Crippen LogP) is 1.48. The van der Waals surface area contributed by atoms with Crippen LogP contribution in [0.2, 0.25) is 0 Å². The standard InChI is InChI=1S/C16H22O5/c1-2-14(17)21-13-10-20-15-12(9-19-16(13)15)18-8-11-6-4-3-5-7-11/h3-7,12-17H,2,8-10H2,1H3/t12-,13-,14?,15-,16-/m1/s1. The molecule has 2 aliphatic heterocycles. The first kappa shape index (κ1) is 14.9. The number of benzene rings is 1. The lowest BCUT2D eigenvalue weighted by Gasteiger charge is -2.19. The molecule has 0 saturated carbocycles. The van der Waals surface area contributed by atoms with Crippen LogP contribution < -0.4 is 0 Å². The Bertz CT molecular complexity index is 438. The van der Waals surface area contributed by atoms with Crippen molar-refractivity contribution < 1.29 is 24.1 Å². The molecule has 2 aliphatic rings. The molecule has 5 nitrogen and oxygen atoms in total. The highest BCUT2D eigenvalue weighted by atomic mass is 16.7. The zero-order chi connectivity index (χ0) is 14.7. The van der Waals surface area contributed by atoms with E-state index in [-0.39, 0.29) is 24.4 Å². The molecule has 0 amide bonds. The van der Waals surface area contributed by atoms with E-state index in [9.17, 15) is 5.11 Å². The smallest absolute Gasteiger partial charge is 0.154 e. The van der Waals surface area contributed by atoms with E-state index in [1.165, 1.54) is 0 Å². The second-order valence-electron chi connectivity index (χ2n) is 5.47. The Morgan fingerprint density at radius 1 is 1.14 bits per heavy atom. The maximum atomic E-state index is 9.59. The first-order chi connectivity index (χ1) is 10.3. The molecule has 5 atom stereocenters. The van der Waals surface area contributed by atoms with Gasteiger partial charge in [0.05, 0.1) is 19.8 Å². The van der Waals surface area contributed by atoms with Crippen LogP contribution in [0.1, 0.15) is 18.9 Å². The maximum absolute atomic E-state index is 9.59. The summed E-state index contributed by atoms with van der Waals surface area (Å²) in [7, 11) is 0. The van der Waals surface area contributed by atoms with Crippen molar-refractivity contribution in [3.8, 4) is 0 Å². The van der Waals surface area contributed by atoms with Crippen LogP contribution in [0.5, 0.6) is 0 Å². The van der Waals surface area contributed by atoms with E-state index in [0.29, 0.717) is 26.2 Å². The minimum atomic E-state index is -0.759. The summed E-state index contributed by atoms with van der Waals surface area (Å²) in [4.78, 5) is 0. The van der Waals surface area contributed by atoms with Crippen LogP contribution in [0.3, 0.4) is 0 Å². The zero-order valence-electron chi connectivity index (χ0n) is 12.2.